The molecule has 30 heavy (non-hydrogen) atoms. The highest BCUT2D eigenvalue weighted by Gasteiger charge is 2.33. The Morgan fingerprint density at radius 3 is 2.50 bits per heavy atom. The van der Waals surface area contributed by atoms with Crippen molar-refractivity contribution in [1.29, 1.82) is 0 Å². The SMILES string of the molecule is C=CCn1c(=C2SC(=S)N(CC)C2=O)sc(=C2C=Cc3ccccc3N2CC)c1=O. The van der Waals surface area contributed by atoms with Gasteiger partial charge in [-0.1, -0.05) is 54.3 Å². The van der Waals surface area contributed by atoms with E-state index < -0.39 is 0 Å². The molecule has 8 heteroatoms. The third-order valence-electron chi connectivity index (χ3n) is 5.04. The van der Waals surface area contributed by atoms with E-state index in [1.807, 2.05) is 31.2 Å². The number of carbonyl (C=O) groups excluding carboxylic acids is 1. The van der Waals surface area contributed by atoms with Crippen LogP contribution in [0.25, 0.3) is 16.7 Å². The molecule has 0 radical (unpaired) electrons. The van der Waals surface area contributed by atoms with Crippen LogP contribution in [-0.4, -0.2) is 32.8 Å². The van der Waals surface area contributed by atoms with Crippen LogP contribution in [0.1, 0.15) is 19.4 Å². The monoisotopic (exact) mass is 455 g/mol. The Hall–Kier alpha value is -2.42. The topological polar surface area (TPSA) is 45.6 Å². The Balaban J connectivity index is 2.03. The van der Waals surface area contributed by atoms with Gasteiger partial charge in [-0.25, -0.2) is 0 Å². The highest BCUT2D eigenvalue weighted by molar-refractivity contribution is 8.30. The molecule has 2 aromatic rings. The third kappa shape index (κ3) is 3.29. The summed E-state index contributed by atoms with van der Waals surface area (Å²) in [7, 11) is 0. The smallest absolute Gasteiger partial charge is 0.271 e. The number of thiocarbonyl (C=S) groups is 1. The van der Waals surface area contributed by atoms with Crippen molar-refractivity contribution in [3.05, 3.63) is 68.1 Å². The van der Waals surface area contributed by atoms with E-state index in [1.165, 1.54) is 23.1 Å². The average molecular weight is 456 g/mol. The zero-order chi connectivity index (χ0) is 21.4. The normalized spacial score (nSPS) is 19.5. The van der Waals surface area contributed by atoms with E-state index in [1.54, 1.807) is 15.5 Å². The highest BCUT2D eigenvalue weighted by atomic mass is 32.2. The third-order valence-corrected chi connectivity index (χ3v) is 7.81. The lowest BCUT2D eigenvalue weighted by molar-refractivity contribution is -0.120. The number of carbonyl (C=O) groups is 1. The van der Waals surface area contributed by atoms with E-state index in [0.717, 1.165) is 23.5 Å². The van der Waals surface area contributed by atoms with Gasteiger partial charge in [-0.3, -0.25) is 19.1 Å². The van der Waals surface area contributed by atoms with Gasteiger partial charge in [0.2, 0.25) is 0 Å². The lowest BCUT2D eigenvalue weighted by atomic mass is 10.1. The van der Waals surface area contributed by atoms with E-state index in [9.17, 15) is 9.59 Å². The molecule has 1 aromatic carbocycles. The molecule has 5 nitrogen and oxygen atoms in total. The minimum atomic E-state index is -0.139. The molecule has 1 amide bonds. The number of hydrogen-bond donors (Lipinski definition) is 0. The van der Waals surface area contributed by atoms with Crippen molar-refractivity contribution in [2.24, 2.45) is 0 Å². The summed E-state index contributed by atoms with van der Waals surface area (Å²) in [5.41, 5.74) is 2.92. The van der Waals surface area contributed by atoms with Crippen LogP contribution in [0.4, 0.5) is 5.69 Å². The number of nitrogens with zero attached hydrogens (tertiary/aromatic N) is 3. The number of benzene rings is 1. The number of likely N-dealkylation sites (N-methyl/N-ethyl adjacent to an activating group) is 1. The molecule has 2 aliphatic rings. The summed E-state index contributed by atoms with van der Waals surface area (Å²) >= 11 is 7.98. The quantitative estimate of drug-likeness (QED) is 0.524. The first-order valence-electron chi connectivity index (χ1n) is 9.69. The molecule has 0 bridgehead atoms. The van der Waals surface area contributed by atoms with Crippen molar-refractivity contribution in [2.75, 3.05) is 18.0 Å². The van der Waals surface area contributed by atoms with Gasteiger partial charge in [0.1, 0.15) is 18.4 Å². The molecule has 0 spiro atoms. The maximum atomic E-state index is 13.4. The number of allylic oxidation sites excluding steroid dienone is 1. The summed E-state index contributed by atoms with van der Waals surface area (Å²) in [6.45, 7) is 9.32. The van der Waals surface area contributed by atoms with E-state index in [-0.39, 0.29) is 11.5 Å². The molecule has 1 saturated heterocycles. The summed E-state index contributed by atoms with van der Waals surface area (Å²) < 4.78 is 3.41. The Morgan fingerprint density at radius 1 is 1.10 bits per heavy atom. The zero-order valence-corrected chi connectivity index (χ0v) is 19.2. The van der Waals surface area contributed by atoms with Gasteiger partial charge in [0, 0.05) is 25.3 Å². The molecule has 0 saturated carbocycles. The molecule has 1 fully saturated rings. The fraction of sp³-hybridized carbons (Fsp3) is 0.227. The number of amides is 1. The molecule has 0 atom stereocenters. The molecule has 2 aliphatic heterocycles. The van der Waals surface area contributed by atoms with Gasteiger partial charge in [-0.05, 0) is 31.6 Å². The molecule has 3 heterocycles. The lowest BCUT2D eigenvalue weighted by Gasteiger charge is -2.28. The second kappa shape index (κ2) is 8.37. The van der Waals surface area contributed by atoms with Crippen molar-refractivity contribution >= 4 is 67.9 Å². The largest absolute Gasteiger partial charge is 0.340 e. The maximum absolute atomic E-state index is 13.4. The van der Waals surface area contributed by atoms with Crippen molar-refractivity contribution in [2.45, 2.75) is 20.4 Å². The summed E-state index contributed by atoms with van der Waals surface area (Å²) in [6, 6.07) is 8.12. The number of anilines is 1. The second-order valence-electron chi connectivity index (χ2n) is 6.71. The van der Waals surface area contributed by atoms with Crippen molar-refractivity contribution in [3.63, 3.8) is 0 Å². The molecule has 1 aromatic heterocycles. The Morgan fingerprint density at radius 2 is 1.83 bits per heavy atom. The standard InChI is InChI=1S/C22H21N3O2S3/c1-4-13-25-19(26)17(29-21(25)18-20(27)24(6-3)22(28)30-18)16-12-11-14-9-7-8-10-15(14)23(16)5-2/h4,7-12H,1,5-6,13H2,2-3H3. The van der Waals surface area contributed by atoms with E-state index in [0.29, 0.717) is 31.5 Å². The summed E-state index contributed by atoms with van der Waals surface area (Å²) in [6.07, 6.45) is 5.69. The van der Waals surface area contributed by atoms with Gasteiger partial charge < -0.3 is 4.90 Å². The fourth-order valence-corrected chi connectivity index (χ4v) is 6.36. The van der Waals surface area contributed by atoms with Crippen LogP contribution in [0.3, 0.4) is 0 Å². The Bertz CT molecular complexity index is 1270. The number of thiazole rings is 1. The zero-order valence-electron chi connectivity index (χ0n) is 16.8. The summed E-state index contributed by atoms with van der Waals surface area (Å²) in [5, 5.41) is 0. The van der Waals surface area contributed by atoms with Gasteiger partial charge >= 0.3 is 0 Å². The van der Waals surface area contributed by atoms with Gasteiger partial charge in [-0.2, -0.15) is 0 Å². The Labute approximate surface area is 188 Å². The van der Waals surface area contributed by atoms with E-state index >= 15 is 0 Å². The number of rotatable bonds is 4. The van der Waals surface area contributed by atoms with Crippen LogP contribution in [0, 0.1) is 0 Å². The van der Waals surface area contributed by atoms with Crippen LogP contribution in [0.5, 0.6) is 0 Å². The molecule has 0 N–H and O–H groups in total. The van der Waals surface area contributed by atoms with Crippen molar-refractivity contribution < 1.29 is 4.79 Å². The molecular formula is C22H21N3O2S3. The van der Waals surface area contributed by atoms with Crippen LogP contribution in [-0.2, 0) is 11.3 Å². The van der Waals surface area contributed by atoms with E-state index in [2.05, 4.69) is 30.5 Å². The number of para-hydroxylation sites is 1. The average Bonchev–Trinajstić information content (AvgIpc) is 3.22. The fourth-order valence-electron chi connectivity index (χ4n) is 3.64. The van der Waals surface area contributed by atoms with E-state index in [4.69, 9.17) is 12.2 Å². The predicted molar refractivity (Wildman–Crippen MR) is 131 cm³/mol. The minimum Gasteiger partial charge on any atom is -0.340 e. The van der Waals surface area contributed by atoms with Crippen LogP contribution >= 0.6 is 35.3 Å². The minimum absolute atomic E-state index is 0.117. The first-order valence-corrected chi connectivity index (χ1v) is 11.7. The number of hydrogen-bond acceptors (Lipinski definition) is 6. The van der Waals surface area contributed by atoms with Crippen LogP contribution in [0.2, 0.25) is 0 Å². The Kier molecular flexibility index (Phi) is 5.81. The summed E-state index contributed by atoms with van der Waals surface area (Å²) in [4.78, 5) is 30.5. The highest BCUT2D eigenvalue weighted by Crippen LogP contribution is 2.32. The maximum Gasteiger partial charge on any atom is 0.271 e. The van der Waals surface area contributed by atoms with Gasteiger partial charge in [0.05, 0.1) is 5.70 Å². The summed E-state index contributed by atoms with van der Waals surface area (Å²) in [5.74, 6) is -0.139. The molecule has 0 unspecified atom stereocenters. The van der Waals surface area contributed by atoms with Crippen LogP contribution < -0.4 is 19.7 Å². The van der Waals surface area contributed by atoms with Crippen molar-refractivity contribution in [1.82, 2.24) is 9.47 Å². The number of fused-ring (bicyclic) bond motifs is 1. The first-order chi connectivity index (χ1) is 14.5. The second-order valence-corrected chi connectivity index (χ2v) is 9.35. The van der Waals surface area contributed by atoms with Gasteiger partial charge in [-0.15, -0.1) is 17.9 Å². The molecule has 0 aliphatic carbocycles. The lowest BCUT2D eigenvalue weighted by Crippen LogP contribution is -2.37. The molecular weight excluding hydrogens is 434 g/mol. The number of aromatic nitrogens is 1. The van der Waals surface area contributed by atoms with Gasteiger partial charge in [0.25, 0.3) is 11.5 Å². The van der Waals surface area contributed by atoms with Crippen molar-refractivity contribution in [3.8, 4) is 0 Å². The van der Waals surface area contributed by atoms with Gasteiger partial charge in [0.15, 0.2) is 0 Å². The molecule has 4 rings (SSSR count). The first kappa shape index (κ1) is 20.8. The number of thioether (sulfide) groups is 1. The van der Waals surface area contributed by atoms with Crippen LogP contribution in [0.15, 0.2) is 47.8 Å². The molecule has 154 valence electrons. The predicted octanol–water partition coefficient (Wildman–Crippen LogP) is 2.75.